The molecule has 0 spiro atoms. The Bertz CT molecular complexity index is 1300. The molecule has 1 aliphatic heterocycles. The number of alkyl halides is 1. The summed E-state index contributed by atoms with van der Waals surface area (Å²) in [5.74, 6) is -0.0275. The maximum atomic E-state index is 13.8. The first-order chi connectivity index (χ1) is 23.9. The van der Waals surface area contributed by atoms with Gasteiger partial charge in [0.15, 0.2) is 0 Å². The lowest BCUT2D eigenvalue weighted by molar-refractivity contribution is -0.255. The standard InChI is InChI=1S/C38H55ClN2O8/c1-5-18-41(37(44)46-23-17-39)34-26-32(40-48-8-4)30-24-27(13-9-11-19-42)29(14-10-12-20-43)35-31-25-28(45-21-6-2)15-16-33(31)49-38(34,36(30)35)47-22-7-3/h6-7,15-16,24-25,27,29,34-36,42-43H,2-3,5,8-14,17-23,26H2,1,4H3/t27-,29+,34-,35+,36+,38+/m0/s1. The second kappa shape index (κ2) is 19.4. The van der Waals surface area contributed by atoms with Crippen molar-refractivity contribution >= 4 is 23.4 Å². The van der Waals surface area contributed by atoms with Gasteiger partial charge in [-0.15, -0.1) is 18.2 Å². The lowest BCUT2D eigenvalue weighted by atomic mass is 9.55. The van der Waals surface area contributed by atoms with Crippen molar-refractivity contribution < 1.29 is 38.8 Å². The molecule has 0 unspecified atom stereocenters. The third-order valence-electron chi connectivity index (χ3n) is 9.69. The molecule has 11 heteroatoms. The van der Waals surface area contributed by atoms with Gasteiger partial charge in [0.05, 0.1) is 24.1 Å². The first-order valence-corrected chi connectivity index (χ1v) is 18.4. The summed E-state index contributed by atoms with van der Waals surface area (Å²) in [6.45, 7) is 13.3. The number of aliphatic hydroxyl groups excluding tert-OH is 2. The number of hydrogen-bond acceptors (Lipinski definition) is 9. The van der Waals surface area contributed by atoms with Gasteiger partial charge in [-0.05, 0) is 74.6 Å². The summed E-state index contributed by atoms with van der Waals surface area (Å²) < 4.78 is 25.7. The summed E-state index contributed by atoms with van der Waals surface area (Å²) in [6, 6.07) is 5.26. The van der Waals surface area contributed by atoms with Crippen LogP contribution in [0.5, 0.6) is 11.5 Å². The van der Waals surface area contributed by atoms with Gasteiger partial charge in [-0.1, -0.05) is 49.7 Å². The van der Waals surface area contributed by atoms with Crippen LogP contribution in [0.4, 0.5) is 4.79 Å². The Hall–Kier alpha value is -3.05. The highest BCUT2D eigenvalue weighted by atomic mass is 35.5. The van der Waals surface area contributed by atoms with E-state index in [-0.39, 0.29) is 56.0 Å². The van der Waals surface area contributed by atoms with Crippen molar-refractivity contribution in [2.24, 2.45) is 22.9 Å². The molecule has 6 atom stereocenters. The number of aliphatic hydroxyl groups is 2. The van der Waals surface area contributed by atoms with Crippen LogP contribution < -0.4 is 9.47 Å². The molecule has 10 nitrogen and oxygen atoms in total. The predicted octanol–water partition coefficient (Wildman–Crippen LogP) is 6.99. The van der Waals surface area contributed by atoms with Crippen LogP contribution in [0.1, 0.15) is 76.7 Å². The molecule has 1 aromatic rings. The first kappa shape index (κ1) is 38.7. The lowest BCUT2D eigenvalue weighted by Gasteiger charge is -2.59. The van der Waals surface area contributed by atoms with Crippen LogP contribution in [0.25, 0.3) is 0 Å². The summed E-state index contributed by atoms with van der Waals surface area (Å²) in [4.78, 5) is 21.3. The average molecular weight is 703 g/mol. The Kier molecular flexibility index (Phi) is 15.3. The third-order valence-corrected chi connectivity index (χ3v) is 9.85. The minimum Gasteiger partial charge on any atom is -0.490 e. The molecule has 0 bridgehead atoms. The van der Waals surface area contributed by atoms with Gasteiger partial charge < -0.3 is 34.0 Å². The zero-order valence-corrected chi connectivity index (χ0v) is 30.0. The minimum atomic E-state index is -1.33. The van der Waals surface area contributed by atoms with Crippen LogP contribution >= 0.6 is 11.6 Å². The predicted molar refractivity (Wildman–Crippen MR) is 191 cm³/mol. The average Bonchev–Trinajstić information content (AvgIpc) is 3.11. The molecule has 0 saturated heterocycles. The molecular weight excluding hydrogens is 648 g/mol. The number of oxime groups is 1. The van der Waals surface area contributed by atoms with Crippen molar-refractivity contribution in [2.75, 3.05) is 52.1 Å². The summed E-state index contributed by atoms with van der Waals surface area (Å²) in [5, 5.41) is 24.2. The van der Waals surface area contributed by atoms with E-state index >= 15 is 0 Å². The van der Waals surface area contributed by atoms with Gasteiger partial charge in [-0.25, -0.2) is 4.79 Å². The maximum Gasteiger partial charge on any atom is 0.410 e. The fourth-order valence-electron chi connectivity index (χ4n) is 7.86. The van der Waals surface area contributed by atoms with Gasteiger partial charge in [-0.3, -0.25) is 4.90 Å². The summed E-state index contributed by atoms with van der Waals surface area (Å²) in [7, 11) is 0. The van der Waals surface area contributed by atoms with Crippen molar-refractivity contribution in [3.63, 3.8) is 0 Å². The molecule has 1 fully saturated rings. The number of unbranched alkanes of at least 4 members (excludes halogenated alkanes) is 2. The minimum absolute atomic E-state index is 0.0740. The fraction of sp³-hybridized carbons (Fsp3) is 0.632. The topological polar surface area (TPSA) is 119 Å². The van der Waals surface area contributed by atoms with Crippen LogP contribution in [-0.4, -0.2) is 90.8 Å². The number of carbonyl (C=O) groups is 1. The molecular formula is C38H55ClN2O8. The second-order valence-electron chi connectivity index (χ2n) is 12.8. The number of ether oxygens (including phenoxy) is 4. The number of nitrogens with zero attached hydrogens (tertiary/aromatic N) is 2. The molecule has 272 valence electrons. The number of rotatable bonds is 21. The number of carbonyl (C=O) groups excluding carboxylic acids is 1. The van der Waals surface area contributed by atoms with E-state index < -0.39 is 17.9 Å². The number of amides is 1. The largest absolute Gasteiger partial charge is 0.490 e. The summed E-state index contributed by atoms with van der Waals surface area (Å²) >= 11 is 5.95. The van der Waals surface area contributed by atoms with E-state index in [9.17, 15) is 15.0 Å². The Labute approximate surface area is 296 Å². The van der Waals surface area contributed by atoms with Crippen molar-refractivity contribution in [3.8, 4) is 11.5 Å². The molecule has 1 aromatic carbocycles. The Morgan fingerprint density at radius 1 is 1.12 bits per heavy atom. The van der Waals surface area contributed by atoms with Crippen molar-refractivity contribution in [3.05, 3.63) is 60.7 Å². The highest BCUT2D eigenvalue weighted by molar-refractivity contribution is 6.18. The number of hydrogen-bond donors (Lipinski definition) is 2. The SMILES string of the molecule is C=CCOc1ccc2c(c1)[C@H]1[C@H](CCCCO)[C@@H](CCCCO)C=C3C(=NOCC)C[C@H](N(CCC)C(=O)OCCCl)[C@@](OCC=C)(O2)[C@H]31. The number of halogens is 1. The van der Waals surface area contributed by atoms with E-state index in [1.807, 2.05) is 26.0 Å². The van der Waals surface area contributed by atoms with Crippen LogP contribution in [0.3, 0.4) is 0 Å². The molecule has 49 heavy (non-hydrogen) atoms. The highest BCUT2D eigenvalue weighted by Crippen LogP contribution is 2.62. The lowest BCUT2D eigenvalue weighted by Crippen LogP contribution is -2.70. The first-order valence-electron chi connectivity index (χ1n) is 17.9. The molecule has 1 heterocycles. The number of allylic oxidation sites excluding steroid dienone is 1. The van der Waals surface area contributed by atoms with E-state index in [0.29, 0.717) is 56.9 Å². The van der Waals surface area contributed by atoms with Crippen molar-refractivity contribution in [1.29, 1.82) is 0 Å². The van der Waals surface area contributed by atoms with Crippen LogP contribution in [0, 0.1) is 17.8 Å². The van der Waals surface area contributed by atoms with Gasteiger partial charge in [0, 0.05) is 37.7 Å². The summed E-state index contributed by atoms with van der Waals surface area (Å²) in [6.07, 6.45) is 11.1. The Morgan fingerprint density at radius 3 is 2.55 bits per heavy atom. The summed E-state index contributed by atoms with van der Waals surface area (Å²) in [5.41, 5.74) is 2.73. The van der Waals surface area contributed by atoms with Gasteiger partial charge in [0.25, 0.3) is 0 Å². The normalized spacial score (nSPS) is 26.1. The van der Waals surface area contributed by atoms with E-state index in [0.717, 1.165) is 42.5 Å². The van der Waals surface area contributed by atoms with Gasteiger partial charge in [0.1, 0.15) is 37.4 Å². The highest BCUT2D eigenvalue weighted by Gasteiger charge is 2.65. The Morgan fingerprint density at radius 2 is 1.88 bits per heavy atom. The molecule has 2 N–H and O–H groups in total. The molecule has 0 radical (unpaired) electrons. The Balaban J connectivity index is 2.03. The number of benzene rings is 1. The molecule has 1 amide bonds. The van der Waals surface area contributed by atoms with E-state index in [1.165, 1.54) is 0 Å². The molecule has 3 aliphatic rings. The zero-order valence-electron chi connectivity index (χ0n) is 29.2. The molecule has 1 saturated carbocycles. The van der Waals surface area contributed by atoms with Crippen molar-refractivity contribution in [1.82, 2.24) is 4.90 Å². The van der Waals surface area contributed by atoms with Crippen LogP contribution in [0.15, 0.2) is 60.3 Å². The van der Waals surface area contributed by atoms with Gasteiger partial charge >= 0.3 is 6.09 Å². The molecule has 0 aromatic heterocycles. The van der Waals surface area contributed by atoms with Crippen LogP contribution in [-0.2, 0) is 14.3 Å². The molecule has 4 rings (SSSR count). The van der Waals surface area contributed by atoms with E-state index in [4.69, 9.17) is 40.5 Å². The fourth-order valence-corrected chi connectivity index (χ4v) is 7.94. The third kappa shape index (κ3) is 8.82. The second-order valence-corrected chi connectivity index (χ2v) is 13.2. The van der Waals surface area contributed by atoms with Gasteiger partial charge in [-0.2, -0.15) is 0 Å². The van der Waals surface area contributed by atoms with Gasteiger partial charge in [0.2, 0.25) is 5.79 Å². The zero-order chi connectivity index (χ0) is 35.2. The van der Waals surface area contributed by atoms with Crippen LogP contribution in [0.2, 0.25) is 0 Å². The van der Waals surface area contributed by atoms with E-state index in [1.54, 1.807) is 17.1 Å². The maximum absolute atomic E-state index is 13.8. The smallest absolute Gasteiger partial charge is 0.410 e. The quantitative estimate of drug-likeness (QED) is 0.0609. The number of fused-ring (bicyclic) bond motifs is 2. The monoisotopic (exact) mass is 702 g/mol. The van der Waals surface area contributed by atoms with E-state index in [2.05, 4.69) is 25.3 Å². The molecule has 2 aliphatic carbocycles. The van der Waals surface area contributed by atoms with Crippen molar-refractivity contribution in [2.45, 2.75) is 83.0 Å².